The summed E-state index contributed by atoms with van der Waals surface area (Å²) in [4.78, 5) is 24.0. The van der Waals surface area contributed by atoms with Gasteiger partial charge in [-0.2, -0.15) is 0 Å². The zero-order valence-corrected chi connectivity index (χ0v) is 25.2. The van der Waals surface area contributed by atoms with E-state index < -0.39 is 27.7 Å². The Kier molecular flexibility index (Phi) is 9.94. The minimum atomic E-state index is -3.98. The molecule has 0 bridgehead atoms. The van der Waals surface area contributed by atoms with Crippen LogP contribution in [0, 0.1) is 0 Å². The van der Waals surface area contributed by atoms with Crippen LogP contribution in [0.5, 0.6) is 0 Å². The number of hydrogen-bond donors (Lipinski definition) is 3. The zero-order chi connectivity index (χ0) is 29.0. The van der Waals surface area contributed by atoms with E-state index in [-0.39, 0.29) is 34.8 Å². The maximum atomic E-state index is 13.4. The number of sulfonamides is 1. The van der Waals surface area contributed by atoms with Gasteiger partial charge in [-0.25, -0.2) is 22.7 Å². The predicted octanol–water partition coefficient (Wildman–Crippen LogP) is 5.40. The highest BCUT2D eigenvalue weighted by Gasteiger charge is 2.30. The maximum Gasteiger partial charge on any atom is 0.411 e. The van der Waals surface area contributed by atoms with Crippen molar-refractivity contribution in [3.8, 4) is 10.6 Å². The monoisotopic (exact) mass is 581 g/mol. The van der Waals surface area contributed by atoms with Gasteiger partial charge in [0.2, 0.25) is 10.0 Å². The van der Waals surface area contributed by atoms with Crippen LogP contribution in [0.3, 0.4) is 0 Å². The largest absolute Gasteiger partial charge is 0.447 e. The Morgan fingerprint density at radius 3 is 2.18 bits per heavy atom. The molecule has 1 heterocycles. The van der Waals surface area contributed by atoms with Gasteiger partial charge in [0.15, 0.2) is 0 Å². The molecule has 3 rings (SSSR count). The third kappa shape index (κ3) is 9.14. The van der Waals surface area contributed by atoms with Crippen molar-refractivity contribution >= 4 is 39.2 Å². The summed E-state index contributed by atoms with van der Waals surface area (Å²) < 4.78 is 39.8. The van der Waals surface area contributed by atoms with Gasteiger partial charge in [0.1, 0.15) is 10.0 Å². The second-order valence-corrected chi connectivity index (χ2v) is 13.9. The number of ether oxygens (including phenoxy) is 2. The molecule has 1 aliphatic carbocycles. The van der Waals surface area contributed by atoms with Gasteiger partial charge in [-0.15, -0.1) is 10.2 Å². The minimum Gasteiger partial charge on any atom is -0.447 e. The summed E-state index contributed by atoms with van der Waals surface area (Å²) in [6.07, 6.45) is 1.63. The molecule has 1 saturated carbocycles. The quantitative estimate of drug-likeness (QED) is 0.375. The van der Waals surface area contributed by atoms with Crippen molar-refractivity contribution in [2.24, 2.45) is 0 Å². The molecule has 0 aliphatic heterocycles. The maximum absolute atomic E-state index is 13.4. The number of rotatable bonds is 8. The fraction of sp³-hybridized carbons (Fsp3) is 0.615. The Morgan fingerprint density at radius 1 is 0.974 bits per heavy atom. The summed E-state index contributed by atoms with van der Waals surface area (Å²) in [7, 11) is -3.98. The molecular formula is C26H39N5O6S2. The van der Waals surface area contributed by atoms with E-state index >= 15 is 0 Å². The standard InChI is InChI=1S/C26H39N5O6S2/c1-15(2)36-24(32)27-18-10-8-17(9-11-18)22-29-30-23(38-22)20-13-12-19(28-25(33)37-16(3)4)14-21(20)39(34,35)31-26(5,6)7/h12-18,31H,8-11H2,1-7H3,(H,27,32)(H,28,33). The summed E-state index contributed by atoms with van der Waals surface area (Å²) in [6.45, 7) is 12.3. The Morgan fingerprint density at radius 2 is 1.59 bits per heavy atom. The molecular weight excluding hydrogens is 542 g/mol. The molecule has 0 spiro atoms. The lowest BCUT2D eigenvalue weighted by molar-refractivity contribution is 0.109. The molecule has 0 saturated heterocycles. The Bertz CT molecular complexity index is 1260. The number of anilines is 1. The van der Waals surface area contributed by atoms with E-state index in [4.69, 9.17) is 9.47 Å². The van der Waals surface area contributed by atoms with E-state index in [0.29, 0.717) is 10.6 Å². The highest BCUT2D eigenvalue weighted by atomic mass is 32.2. The average Bonchev–Trinajstić information content (AvgIpc) is 3.27. The minimum absolute atomic E-state index is 0.0148. The van der Waals surface area contributed by atoms with E-state index in [2.05, 4.69) is 25.6 Å². The molecule has 13 heteroatoms. The topological polar surface area (TPSA) is 149 Å². The number of amides is 2. The number of benzene rings is 1. The van der Waals surface area contributed by atoms with Crippen LogP contribution >= 0.6 is 11.3 Å². The van der Waals surface area contributed by atoms with Crippen molar-refractivity contribution in [2.45, 2.75) is 109 Å². The Balaban J connectivity index is 1.82. The number of hydrogen-bond acceptors (Lipinski definition) is 9. The highest BCUT2D eigenvalue weighted by molar-refractivity contribution is 7.89. The molecule has 216 valence electrons. The van der Waals surface area contributed by atoms with E-state index in [1.54, 1.807) is 46.8 Å². The van der Waals surface area contributed by atoms with Crippen LogP contribution in [0.25, 0.3) is 10.6 Å². The first kappa shape index (κ1) is 30.8. The molecule has 3 N–H and O–H groups in total. The Labute approximate surface area is 234 Å². The predicted molar refractivity (Wildman–Crippen MR) is 150 cm³/mol. The summed E-state index contributed by atoms with van der Waals surface area (Å²) >= 11 is 1.35. The van der Waals surface area contributed by atoms with Crippen molar-refractivity contribution in [3.63, 3.8) is 0 Å². The second kappa shape index (κ2) is 12.6. The van der Waals surface area contributed by atoms with Crippen molar-refractivity contribution in [1.82, 2.24) is 20.2 Å². The van der Waals surface area contributed by atoms with E-state index in [1.165, 1.54) is 17.4 Å². The number of carbonyl (C=O) groups excluding carboxylic acids is 2. The molecule has 0 atom stereocenters. The van der Waals surface area contributed by atoms with Gasteiger partial charge in [-0.05, 0) is 92.3 Å². The summed E-state index contributed by atoms with van der Waals surface area (Å²) in [5.41, 5.74) is -0.0493. The third-order valence-electron chi connectivity index (χ3n) is 5.71. The van der Waals surface area contributed by atoms with Crippen LogP contribution in [0.1, 0.15) is 85.1 Å². The molecule has 0 unspecified atom stereocenters. The zero-order valence-electron chi connectivity index (χ0n) is 23.5. The molecule has 1 aromatic heterocycles. The fourth-order valence-corrected chi connectivity index (χ4v) is 7.00. The van der Waals surface area contributed by atoms with Crippen LogP contribution in [-0.2, 0) is 19.5 Å². The van der Waals surface area contributed by atoms with Gasteiger partial charge in [-0.1, -0.05) is 11.3 Å². The molecule has 11 nitrogen and oxygen atoms in total. The first-order valence-electron chi connectivity index (χ1n) is 13.1. The van der Waals surface area contributed by atoms with Gasteiger partial charge in [0.05, 0.1) is 17.1 Å². The highest BCUT2D eigenvalue weighted by Crippen LogP contribution is 2.38. The van der Waals surface area contributed by atoms with Crippen molar-refractivity contribution in [3.05, 3.63) is 23.2 Å². The number of aromatic nitrogens is 2. The van der Waals surface area contributed by atoms with Crippen LogP contribution in [-0.4, -0.2) is 54.6 Å². The molecule has 0 radical (unpaired) electrons. The normalized spacial score (nSPS) is 18.2. The van der Waals surface area contributed by atoms with Crippen LogP contribution in [0.2, 0.25) is 0 Å². The number of alkyl carbamates (subject to hydrolysis) is 1. The smallest absolute Gasteiger partial charge is 0.411 e. The lowest BCUT2D eigenvalue weighted by Crippen LogP contribution is -2.40. The van der Waals surface area contributed by atoms with Crippen LogP contribution in [0.15, 0.2) is 23.1 Å². The van der Waals surface area contributed by atoms with Gasteiger partial charge < -0.3 is 14.8 Å². The second-order valence-electron chi connectivity index (χ2n) is 11.2. The Hall–Kier alpha value is -2.77. The first-order valence-corrected chi connectivity index (χ1v) is 15.4. The SMILES string of the molecule is CC(C)OC(=O)Nc1ccc(-c2nnc(C3CCC(NC(=O)OC(C)C)CC3)s2)c(S(=O)(=O)NC(C)(C)C)c1. The average molecular weight is 582 g/mol. The first-order chi connectivity index (χ1) is 18.1. The number of carbonyl (C=O) groups is 2. The number of nitrogens with zero attached hydrogens (tertiary/aromatic N) is 2. The van der Waals surface area contributed by atoms with Gasteiger partial charge >= 0.3 is 12.2 Å². The van der Waals surface area contributed by atoms with Crippen molar-refractivity contribution in [1.29, 1.82) is 0 Å². The lowest BCUT2D eigenvalue weighted by atomic mass is 9.86. The lowest BCUT2D eigenvalue weighted by Gasteiger charge is -2.27. The van der Waals surface area contributed by atoms with E-state index in [0.717, 1.165) is 30.7 Å². The fourth-order valence-electron chi connectivity index (χ4n) is 4.23. The van der Waals surface area contributed by atoms with Crippen molar-refractivity contribution in [2.75, 3.05) is 5.32 Å². The molecule has 2 amide bonds. The number of nitrogens with one attached hydrogen (secondary N) is 3. The summed E-state index contributed by atoms with van der Waals surface area (Å²) in [5.74, 6) is 0.162. The molecule has 1 aromatic carbocycles. The summed E-state index contributed by atoms with van der Waals surface area (Å²) in [5, 5.41) is 15.5. The summed E-state index contributed by atoms with van der Waals surface area (Å²) in [6, 6.07) is 4.68. The molecule has 39 heavy (non-hydrogen) atoms. The third-order valence-corrected chi connectivity index (χ3v) is 8.63. The van der Waals surface area contributed by atoms with Crippen LogP contribution < -0.4 is 15.4 Å². The van der Waals surface area contributed by atoms with Gasteiger partial charge in [-0.3, -0.25) is 5.32 Å². The molecule has 2 aromatic rings. The van der Waals surface area contributed by atoms with Gasteiger partial charge in [0, 0.05) is 28.7 Å². The van der Waals surface area contributed by atoms with Crippen LogP contribution in [0.4, 0.5) is 15.3 Å². The molecule has 1 fully saturated rings. The van der Waals surface area contributed by atoms with E-state index in [1.807, 2.05) is 13.8 Å². The molecule has 1 aliphatic rings. The van der Waals surface area contributed by atoms with E-state index in [9.17, 15) is 18.0 Å². The van der Waals surface area contributed by atoms with Crippen molar-refractivity contribution < 1.29 is 27.5 Å². The van der Waals surface area contributed by atoms with Gasteiger partial charge in [0.25, 0.3) is 0 Å².